The average Bonchev–Trinajstić information content (AvgIpc) is 3.36. The molecule has 0 aliphatic carbocycles. The lowest BCUT2D eigenvalue weighted by molar-refractivity contribution is 0.0996. The van der Waals surface area contributed by atoms with E-state index in [0.717, 1.165) is 28.7 Å². The number of nitrogens with zero attached hydrogens (tertiary/aromatic N) is 4. The second kappa shape index (κ2) is 7.28. The fourth-order valence-corrected chi connectivity index (χ4v) is 3.92. The van der Waals surface area contributed by atoms with Crippen molar-refractivity contribution in [2.45, 2.75) is 6.54 Å². The Labute approximate surface area is 177 Å². The molecule has 4 aromatic rings. The molecule has 1 aliphatic rings. The Balaban J connectivity index is 1.57. The van der Waals surface area contributed by atoms with E-state index in [-0.39, 0.29) is 11.7 Å². The summed E-state index contributed by atoms with van der Waals surface area (Å²) in [5, 5.41) is 8.02. The van der Waals surface area contributed by atoms with Crippen molar-refractivity contribution in [1.82, 2.24) is 14.8 Å². The van der Waals surface area contributed by atoms with Crippen LogP contribution in [-0.2, 0) is 13.6 Å². The minimum absolute atomic E-state index is 0.150. The van der Waals surface area contributed by atoms with E-state index in [0.29, 0.717) is 29.1 Å². The van der Waals surface area contributed by atoms with Gasteiger partial charge in [-0.15, -0.1) is 10.2 Å². The van der Waals surface area contributed by atoms with E-state index in [1.807, 2.05) is 30.3 Å². The fraction of sp³-hybridized carbons (Fsp3) is 0.0833. The maximum atomic E-state index is 14.0. The molecule has 31 heavy (non-hydrogen) atoms. The molecule has 3 aromatic carbocycles. The number of carbonyl (C=O) groups excluding carboxylic acids is 2. The maximum absolute atomic E-state index is 14.0. The van der Waals surface area contributed by atoms with E-state index >= 15 is 0 Å². The number of anilines is 1. The van der Waals surface area contributed by atoms with Gasteiger partial charge >= 0.3 is 0 Å². The highest BCUT2D eigenvalue weighted by molar-refractivity contribution is 6.10. The SMILES string of the molecule is Cn1cnnc1-c1cc(F)ccc1-c1cccc(N2Cc3ccc(C=O)cc3C2=O)c1. The highest BCUT2D eigenvalue weighted by Crippen LogP contribution is 2.35. The van der Waals surface area contributed by atoms with Crippen LogP contribution in [0, 0.1) is 5.82 Å². The van der Waals surface area contributed by atoms with Crippen LogP contribution in [0.3, 0.4) is 0 Å². The van der Waals surface area contributed by atoms with Gasteiger partial charge in [-0.2, -0.15) is 0 Å². The van der Waals surface area contributed by atoms with Crippen molar-refractivity contribution in [2.24, 2.45) is 7.05 Å². The average molecular weight is 412 g/mol. The summed E-state index contributed by atoms with van der Waals surface area (Å²) in [5.74, 6) is 0.0310. The lowest BCUT2D eigenvalue weighted by Crippen LogP contribution is -2.22. The number of halogens is 1. The number of amides is 1. The van der Waals surface area contributed by atoms with Crippen molar-refractivity contribution in [3.8, 4) is 22.5 Å². The molecule has 0 saturated carbocycles. The predicted octanol–water partition coefficient (Wildman–Crippen LogP) is 4.26. The Hall–Kier alpha value is -4.13. The Kier molecular flexibility index (Phi) is 4.43. The summed E-state index contributed by atoms with van der Waals surface area (Å²) in [6, 6.07) is 17.2. The number of rotatable bonds is 4. The summed E-state index contributed by atoms with van der Waals surface area (Å²) >= 11 is 0. The third kappa shape index (κ3) is 3.20. The second-order valence-corrected chi connectivity index (χ2v) is 7.43. The lowest BCUT2D eigenvalue weighted by Gasteiger charge is -2.18. The number of hydrogen-bond donors (Lipinski definition) is 0. The van der Waals surface area contributed by atoms with Crippen molar-refractivity contribution in [2.75, 3.05) is 4.90 Å². The number of fused-ring (bicyclic) bond motifs is 1. The van der Waals surface area contributed by atoms with E-state index in [1.165, 1.54) is 12.1 Å². The first-order chi connectivity index (χ1) is 15.0. The molecule has 0 saturated heterocycles. The van der Waals surface area contributed by atoms with Crippen molar-refractivity contribution in [1.29, 1.82) is 0 Å². The Morgan fingerprint density at radius 1 is 1.00 bits per heavy atom. The molecule has 0 spiro atoms. The monoisotopic (exact) mass is 412 g/mol. The van der Waals surface area contributed by atoms with Gasteiger partial charge in [-0.25, -0.2) is 4.39 Å². The molecular weight excluding hydrogens is 395 g/mol. The van der Waals surface area contributed by atoms with Gasteiger partial charge in [0, 0.05) is 29.4 Å². The van der Waals surface area contributed by atoms with E-state index in [1.54, 1.807) is 41.0 Å². The molecule has 1 aliphatic heterocycles. The summed E-state index contributed by atoms with van der Waals surface area (Å²) < 4.78 is 15.8. The van der Waals surface area contributed by atoms with Gasteiger partial charge < -0.3 is 9.47 Å². The van der Waals surface area contributed by atoms with Gasteiger partial charge in [0.05, 0.1) is 6.54 Å². The fourth-order valence-electron chi connectivity index (χ4n) is 3.92. The molecule has 6 nitrogen and oxygen atoms in total. The largest absolute Gasteiger partial charge is 0.317 e. The van der Waals surface area contributed by atoms with Gasteiger partial charge in [0.2, 0.25) is 0 Å². The third-order valence-corrected chi connectivity index (χ3v) is 5.48. The molecule has 0 radical (unpaired) electrons. The molecule has 0 bridgehead atoms. The van der Waals surface area contributed by atoms with Crippen LogP contribution in [-0.4, -0.2) is 27.0 Å². The van der Waals surface area contributed by atoms with Crippen LogP contribution in [0.4, 0.5) is 10.1 Å². The summed E-state index contributed by atoms with van der Waals surface area (Å²) in [4.78, 5) is 25.8. The normalized spacial score (nSPS) is 12.8. The second-order valence-electron chi connectivity index (χ2n) is 7.43. The van der Waals surface area contributed by atoms with Crippen molar-refractivity contribution >= 4 is 17.9 Å². The third-order valence-electron chi connectivity index (χ3n) is 5.48. The van der Waals surface area contributed by atoms with Gasteiger partial charge in [-0.05, 0) is 47.0 Å². The molecule has 0 N–H and O–H groups in total. The van der Waals surface area contributed by atoms with Gasteiger partial charge in [-0.3, -0.25) is 9.59 Å². The smallest absolute Gasteiger partial charge is 0.258 e. The number of hydrogen-bond acceptors (Lipinski definition) is 4. The Bertz CT molecular complexity index is 1350. The van der Waals surface area contributed by atoms with Gasteiger partial charge in [-0.1, -0.05) is 30.3 Å². The van der Waals surface area contributed by atoms with Crippen molar-refractivity contribution in [3.63, 3.8) is 0 Å². The molecule has 0 fully saturated rings. The highest BCUT2D eigenvalue weighted by Gasteiger charge is 2.29. The first-order valence-electron chi connectivity index (χ1n) is 9.69. The molecule has 7 heteroatoms. The molecule has 5 rings (SSSR count). The first kappa shape index (κ1) is 18.9. The standard InChI is InChI=1S/C24H17FN4O2/c1-28-14-26-27-23(28)22-11-18(25)7-8-20(22)16-3-2-4-19(10-16)29-12-17-6-5-15(13-30)9-21(17)24(29)31/h2-11,13-14H,12H2,1H3. The van der Waals surface area contributed by atoms with E-state index in [4.69, 9.17) is 0 Å². The first-order valence-corrected chi connectivity index (χ1v) is 9.69. The highest BCUT2D eigenvalue weighted by atomic mass is 19.1. The molecule has 0 unspecified atom stereocenters. The quantitative estimate of drug-likeness (QED) is 0.470. The molecule has 1 aromatic heterocycles. The van der Waals surface area contributed by atoms with Crippen LogP contribution in [0.5, 0.6) is 0 Å². The zero-order valence-electron chi connectivity index (χ0n) is 16.6. The lowest BCUT2D eigenvalue weighted by atomic mass is 9.98. The number of benzene rings is 3. The van der Waals surface area contributed by atoms with Gasteiger partial charge in [0.1, 0.15) is 18.4 Å². The van der Waals surface area contributed by atoms with Crippen LogP contribution in [0.25, 0.3) is 22.5 Å². The summed E-state index contributed by atoms with van der Waals surface area (Å²) in [6.45, 7) is 0.427. The van der Waals surface area contributed by atoms with Crippen LogP contribution in [0.2, 0.25) is 0 Å². The number of aromatic nitrogens is 3. The minimum Gasteiger partial charge on any atom is -0.317 e. The van der Waals surface area contributed by atoms with E-state index in [2.05, 4.69) is 10.2 Å². The molecule has 1 amide bonds. The Morgan fingerprint density at radius 2 is 1.87 bits per heavy atom. The van der Waals surface area contributed by atoms with E-state index < -0.39 is 0 Å². The maximum Gasteiger partial charge on any atom is 0.258 e. The predicted molar refractivity (Wildman–Crippen MR) is 114 cm³/mol. The molecule has 152 valence electrons. The minimum atomic E-state index is -0.367. The number of carbonyl (C=O) groups is 2. The number of aldehydes is 1. The van der Waals surface area contributed by atoms with Gasteiger partial charge in [0.25, 0.3) is 5.91 Å². The van der Waals surface area contributed by atoms with Crippen LogP contribution >= 0.6 is 0 Å². The summed E-state index contributed by atoms with van der Waals surface area (Å²) in [6.07, 6.45) is 2.30. The summed E-state index contributed by atoms with van der Waals surface area (Å²) in [5.41, 5.74) is 4.84. The summed E-state index contributed by atoms with van der Waals surface area (Å²) in [7, 11) is 1.80. The zero-order chi connectivity index (χ0) is 21.5. The Morgan fingerprint density at radius 3 is 2.65 bits per heavy atom. The van der Waals surface area contributed by atoms with Crippen LogP contribution in [0.1, 0.15) is 26.3 Å². The molecule has 0 atom stereocenters. The van der Waals surface area contributed by atoms with Crippen molar-refractivity contribution in [3.05, 3.63) is 89.5 Å². The zero-order valence-corrected chi connectivity index (χ0v) is 16.6. The molecule has 2 heterocycles. The molecular formula is C24H17FN4O2. The number of aryl methyl sites for hydroxylation is 1. The van der Waals surface area contributed by atoms with Gasteiger partial charge in [0.15, 0.2) is 5.82 Å². The van der Waals surface area contributed by atoms with Crippen LogP contribution < -0.4 is 4.90 Å². The van der Waals surface area contributed by atoms with Crippen LogP contribution in [0.15, 0.2) is 67.0 Å². The van der Waals surface area contributed by atoms with E-state index in [9.17, 15) is 14.0 Å². The topological polar surface area (TPSA) is 68.1 Å². The van der Waals surface area contributed by atoms with Crippen molar-refractivity contribution < 1.29 is 14.0 Å².